The smallest absolute Gasteiger partial charge is 0.209 e. The average molecular weight is 476 g/mol. The Labute approximate surface area is 210 Å². The molecule has 0 aliphatic carbocycles. The number of likely N-dealkylation sites (tertiary alicyclic amines) is 1. The summed E-state index contributed by atoms with van der Waals surface area (Å²) in [6.45, 7) is 10.4. The molecule has 2 unspecified atom stereocenters. The molecule has 35 heavy (non-hydrogen) atoms. The molecule has 2 atom stereocenters. The Hall–Kier alpha value is -2.60. The number of amides is 1. The lowest BCUT2D eigenvalue weighted by atomic mass is 9.95. The summed E-state index contributed by atoms with van der Waals surface area (Å²) in [5, 5.41) is 3.47. The quantitative estimate of drug-likeness (QED) is 0.552. The molecular weight excluding hydrogens is 434 g/mol. The molecule has 0 bridgehead atoms. The van der Waals surface area contributed by atoms with E-state index in [-0.39, 0.29) is 0 Å². The molecule has 0 radical (unpaired) electrons. The first-order valence-corrected chi connectivity index (χ1v) is 13.7. The number of hydrogen-bond acceptors (Lipinski definition) is 5. The first-order chi connectivity index (χ1) is 17.2. The van der Waals surface area contributed by atoms with Gasteiger partial charge in [0.15, 0.2) is 0 Å². The van der Waals surface area contributed by atoms with Gasteiger partial charge in [0.25, 0.3) is 0 Å². The largest absolute Gasteiger partial charge is 0.370 e. The minimum atomic E-state index is 0.568. The SMILES string of the molecule is CCC(CN1CCC(CCc2ccc3c(n2)NCCC3)C1)c1cccc(N2CCN(C=O)CC2)c1. The highest BCUT2D eigenvalue weighted by Crippen LogP contribution is 2.29. The van der Waals surface area contributed by atoms with E-state index in [2.05, 4.69) is 58.4 Å². The third kappa shape index (κ3) is 5.97. The zero-order valence-electron chi connectivity index (χ0n) is 21.3. The molecule has 3 aliphatic rings. The number of carbonyl (C=O) groups is 1. The van der Waals surface area contributed by atoms with Crippen molar-refractivity contribution in [2.75, 3.05) is 62.6 Å². The van der Waals surface area contributed by atoms with E-state index in [0.717, 1.165) is 76.7 Å². The Bertz CT molecular complexity index is 987. The second kappa shape index (κ2) is 11.4. The first-order valence-electron chi connectivity index (χ1n) is 13.7. The van der Waals surface area contributed by atoms with E-state index >= 15 is 0 Å². The first kappa shape index (κ1) is 24.1. The molecule has 1 N–H and O–H groups in total. The van der Waals surface area contributed by atoms with Crippen molar-refractivity contribution in [1.82, 2.24) is 14.8 Å². The van der Waals surface area contributed by atoms with Gasteiger partial charge in [-0.3, -0.25) is 4.79 Å². The molecular formula is C29H41N5O. The number of pyridine rings is 1. The molecule has 5 rings (SSSR count). The summed E-state index contributed by atoms with van der Waals surface area (Å²) in [5.74, 6) is 2.47. The van der Waals surface area contributed by atoms with Gasteiger partial charge in [-0.15, -0.1) is 0 Å². The Morgan fingerprint density at radius 3 is 2.86 bits per heavy atom. The minimum absolute atomic E-state index is 0.568. The molecule has 4 heterocycles. The zero-order chi connectivity index (χ0) is 24.0. The van der Waals surface area contributed by atoms with Crippen LogP contribution in [0, 0.1) is 5.92 Å². The van der Waals surface area contributed by atoms with Gasteiger partial charge in [0, 0.05) is 57.2 Å². The van der Waals surface area contributed by atoms with Gasteiger partial charge in [-0.2, -0.15) is 0 Å². The van der Waals surface area contributed by atoms with Gasteiger partial charge < -0.3 is 20.0 Å². The molecule has 0 saturated carbocycles. The fourth-order valence-electron chi connectivity index (χ4n) is 6.02. The summed E-state index contributed by atoms with van der Waals surface area (Å²) >= 11 is 0. The van der Waals surface area contributed by atoms with Crippen LogP contribution in [0.3, 0.4) is 0 Å². The summed E-state index contributed by atoms with van der Waals surface area (Å²) in [6.07, 6.45) is 8.14. The Balaban J connectivity index is 1.13. The maximum Gasteiger partial charge on any atom is 0.209 e. The lowest BCUT2D eigenvalue weighted by molar-refractivity contribution is -0.118. The van der Waals surface area contributed by atoms with Gasteiger partial charge >= 0.3 is 0 Å². The van der Waals surface area contributed by atoms with Crippen molar-refractivity contribution < 1.29 is 4.79 Å². The molecule has 1 aromatic heterocycles. The predicted octanol–water partition coefficient (Wildman–Crippen LogP) is 4.17. The standard InChI is InChI=1S/C29H41N5O/c1-2-24(26-5-3-7-28(19-26)34-17-15-32(22-35)16-18-34)21-33-14-12-23(20-33)8-10-27-11-9-25-6-4-13-30-29(25)31-27/h3,5,7,9,11,19,22-24H,2,4,6,8,10,12-18,20-21H2,1H3,(H,30,31). The summed E-state index contributed by atoms with van der Waals surface area (Å²) in [5.41, 5.74) is 5.38. The highest BCUT2D eigenvalue weighted by Gasteiger charge is 2.25. The maximum atomic E-state index is 11.0. The third-order valence-electron chi connectivity index (χ3n) is 8.27. The molecule has 1 aromatic carbocycles. The van der Waals surface area contributed by atoms with Crippen LogP contribution in [-0.2, 0) is 17.6 Å². The van der Waals surface area contributed by atoms with Gasteiger partial charge in [0.05, 0.1) is 0 Å². The number of anilines is 2. The molecule has 188 valence electrons. The van der Waals surface area contributed by atoms with Gasteiger partial charge in [-0.25, -0.2) is 4.98 Å². The van der Waals surface area contributed by atoms with Crippen LogP contribution < -0.4 is 10.2 Å². The van der Waals surface area contributed by atoms with Crippen molar-refractivity contribution in [3.63, 3.8) is 0 Å². The lowest BCUT2D eigenvalue weighted by Gasteiger charge is -2.34. The second-order valence-corrected chi connectivity index (χ2v) is 10.6. The van der Waals surface area contributed by atoms with Crippen molar-refractivity contribution in [3.8, 4) is 0 Å². The van der Waals surface area contributed by atoms with Crippen LogP contribution in [0.4, 0.5) is 11.5 Å². The van der Waals surface area contributed by atoms with Gasteiger partial charge in [0.1, 0.15) is 5.82 Å². The number of benzene rings is 1. The summed E-state index contributed by atoms with van der Waals surface area (Å²) < 4.78 is 0. The second-order valence-electron chi connectivity index (χ2n) is 10.6. The van der Waals surface area contributed by atoms with Crippen LogP contribution in [0.25, 0.3) is 0 Å². The van der Waals surface area contributed by atoms with E-state index in [4.69, 9.17) is 4.98 Å². The zero-order valence-corrected chi connectivity index (χ0v) is 21.3. The average Bonchev–Trinajstić information content (AvgIpc) is 3.38. The van der Waals surface area contributed by atoms with Gasteiger partial charge in [0.2, 0.25) is 6.41 Å². The highest BCUT2D eigenvalue weighted by atomic mass is 16.1. The fraction of sp³-hybridized carbons (Fsp3) is 0.586. The van der Waals surface area contributed by atoms with Crippen LogP contribution in [0.1, 0.15) is 55.3 Å². The van der Waals surface area contributed by atoms with Gasteiger partial charge in [-0.05, 0) is 86.2 Å². The lowest BCUT2D eigenvalue weighted by Crippen LogP contribution is -2.45. The molecule has 2 aromatic rings. The van der Waals surface area contributed by atoms with Crippen LogP contribution >= 0.6 is 0 Å². The van der Waals surface area contributed by atoms with E-state index in [0.29, 0.717) is 5.92 Å². The molecule has 1 amide bonds. The number of fused-ring (bicyclic) bond motifs is 1. The molecule has 6 nitrogen and oxygen atoms in total. The maximum absolute atomic E-state index is 11.0. The highest BCUT2D eigenvalue weighted by molar-refractivity contribution is 5.52. The third-order valence-corrected chi connectivity index (χ3v) is 8.27. The monoisotopic (exact) mass is 475 g/mol. The van der Waals surface area contributed by atoms with Crippen LogP contribution in [0.15, 0.2) is 36.4 Å². The Kier molecular flexibility index (Phi) is 7.87. The Morgan fingerprint density at radius 1 is 1.14 bits per heavy atom. The number of rotatable bonds is 9. The number of aryl methyl sites for hydroxylation is 2. The van der Waals surface area contributed by atoms with Crippen molar-refractivity contribution in [1.29, 1.82) is 0 Å². The molecule has 2 saturated heterocycles. The van der Waals surface area contributed by atoms with Crippen molar-refractivity contribution in [2.45, 2.75) is 51.4 Å². The number of nitrogens with one attached hydrogen (secondary N) is 1. The van der Waals surface area contributed by atoms with E-state index in [1.807, 2.05) is 4.90 Å². The topological polar surface area (TPSA) is 51.7 Å². The molecule has 0 spiro atoms. The summed E-state index contributed by atoms with van der Waals surface area (Å²) in [7, 11) is 0. The predicted molar refractivity (Wildman–Crippen MR) is 143 cm³/mol. The number of piperazine rings is 1. The van der Waals surface area contributed by atoms with Crippen molar-refractivity contribution in [3.05, 3.63) is 53.2 Å². The van der Waals surface area contributed by atoms with E-state index in [1.165, 1.54) is 54.9 Å². The number of hydrogen-bond donors (Lipinski definition) is 1. The van der Waals surface area contributed by atoms with Gasteiger partial charge in [-0.1, -0.05) is 25.1 Å². The molecule has 6 heteroatoms. The van der Waals surface area contributed by atoms with E-state index < -0.39 is 0 Å². The van der Waals surface area contributed by atoms with Crippen molar-refractivity contribution >= 4 is 17.9 Å². The van der Waals surface area contributed by atoms with E-state index in [1.54, 1.807) is 0 Å². The van der Waals surface area contributed by atoms with Crippen LogP contribution in [0.5, 0.6) is 0 Å². The van der Waals surface area contributed by atoms with Crippen molar-refractivity contribution in [2.24, 2.45) is 5.92 Å². The summed E-state index contributed by atoms with van der Waals surface area (Å²) in [4.78, 5) is 22.9. The molecule has 3 aliphatic heterocycles. The minimum Gasteiger partial charge on any atom is -0.370 e. The Morgan fingerprint density at radius 2 is 2.03 bits per heavy atom. The number of aromatic nitrogens is 1. The number of nitrogens with zero attached hydrogens (tertiary/aromatic N) is 4. The number of carbonyl (C=O) groups excluding carboxylic acids is 1. The normalized spacial score (nSPS) is 21.5. The van der Waals surface area contributed by atoms with Crippen LogP contribution in [-0.4, -0.2) is 73.6 Å². The fourth-order valence-corrected chi connectivity index (χ4v) is 6.02. The van der Waals surface area contributed by atoms with E-state index in [9.17, 15) is 4.79 Å². The van der Waals surface area contributed by atoms with Crippen LogP contribution in [0.2, 0.25) is 0 Å². The molecule has 2 fully saturated rings. The summed E-state index contributed by atoms with van der Waals surface area (Å²) in [6, 6.07) is 13.7.